The maximum atomic E-state index is 12.2. The van der Waals surface area contributed by atoms with Gasteiger partial charge in [-0.25, -0.2) is 13.6 Å². The SMILES string of the molecule is Cc1nn(CC(F)F)c(C)c1C=CC(=O)O. The van der Waals surface area contributed by atoms with Gasteiger partial charge in [-0.2, -0.15) is 5.10 Å². The van der Waals surface area contributed by atoms with Gasteiger partial charge in [0.25, 0.3) is 6.43 Å². The molecule has 0 saturated heterocycles. The van der Waals surface area contributed by atoms with E-state index in [9.17, 15) is 13.6 Å². The molecule has 0 fully saturated rings. The molecule has 0 unspecified atom stereocenters. The highest BCUT2D eigenvalue weighted by molar-refractivity contribution is 5.85. The molecule has 1 rings (SSSR count). The quantitative estimate of drug-likeness (QED) is 0.803. The Morgan fingerprint density at radius 1 is 1.56 bits per heavy atom. The van der Waals surface area contributed by atoms with Crippen molar-refractivity contribution in [3.8, 4) is 0 Å². The zero-order valence-electron chi connectivity index (χ0n) is 8.94. The summed E-state index contributed by atoms with van der Waals surface area (Å²) in [5, 5.41) is 12.4. The third kappa shape index (κ3) is 2.88. The summed E-state index contributed by atoms with van der Waals surface area (Å²) in [6, 6.07) is 0. The van der Waals surface area contributed by atoms with Crippen molar-refractivity contribution < 1.29 is 18.7 Å². The van der Waals surface area contributed by atoms with Crippen LogP contribution in [0.2, 0.25) is 0 Å². The fourth-order valence-electron chi connectivity index (χ4n) is 1.42. The molecule has 1 heterocycles. The maximum absolute atomic E-state index is 12.2. The second-order valence-corrected chi connectivity index (χ2v) is 3.33. The zero-order valence-corrected chi connectivity index (χ0v) is 8.94. The summed E-state index contributed by atoms with van der Waals surface area (Å²) in [4.78, 5) is 10.3. The van der Waals surface area contributed by atoms with E-state index in [1.54, 1.807) is 13.8 Å². The smallest absolute Gasteiger partial charge is 0.328 e. The summed E-state index contributed by atoms with van der Waals surface area (Å²) in [7, 11) is 0. The summed E-state index contributed by atoms with van der Waals surface area (Å²) >= 11 is 0. The number of carbonyl (C=O) groups is 1. The van der Waals surface area contributed by atoms with Crippen LogP contribution in [0.3, 0.4) is 0 Å². The number of carboxylic acids is 1. The Bertz CT molecular complexity index is 425. The highest BCUT2D eigenvalue weighted by atomic mass is 19.3. The van der Waals surface area contributed by atoms with Gasteiger partial charge in [0.1, 0.15) is 6.54 Å². The van der Waals surface area contributed by atoms with Gasteiger partial charge in [-0.1, -0.05) is 0 Å². The number of alkyl halides is 2. The Balaban J connectivity index is 3.02. The van der Waals surface area contributed by atoms with E-state index in [0.717, 1.165) is 6.08 Å². The van der Waals surface area contributed by atoms with E-state index >= 15 is 0 Å². The highest BCUT2D eigenvalue weighted by Crippen LogP contribution is 2.15. The lowest BCUT2D eigenvalue weighted by molar-refractivity contribution is -0.131. The Morgan fingerprint density at radius 2 is 2.19 bits per heavy atom. The fraction of sp³-hybridized carbons (Fsp3) is 0.400. The van der Waals surface area contributed by atoms with Crippen LogP contribution in [0.4, 0.5) is 8.78 Å². The van der Waals surface area contributed by atoms with E-state index in [1.807, 2.05) is 0 Å². The Labute approximate surface area is 91.2 Å². The Morgan fingerprint density at radius 3 is 2.69 bits per heavy atom. The first-order valence-electron chi connectivity index (χ1n) is 4.65. The Hall–Kier alpha value is -1.72. The van der Waals surface area contributed by atoms with Crippen molar-refractivity contribution >= 4 is 12.0 Å². The monoisotopic (exact) mass is 230 g/mol. The van der Waals surface area contributed by atoms with Crippen molar-refractivity contribution in [1.82, 2.24) is 9.78 Å². The summed E-state index contributed by atoms with van der Waals surface area (Å²) in [5.41, 5.74) is 1.65. The normalized spacial score (nSPS) is 11.6. The number of hydrogen-bond acceptors (Lipinski definition) is 2. The summed E-state index contributed by atoms with van der Waals surface area (Å²) in [6.45, 7) is 2.80. The topological polar surface area (TPSA) is 55.1 Å². The van der Waals surface area contributed by atoms with E-state index in [4.69, 9.17) is 5.11 Å². The van der Waals surface area contributed by atoms with E-state index in [2.05, 4.69) is 5.10 Å². The average molecular weight is 230 g/mol. The minimum absolute atomic E-state index is 0.479. The molecule has 0 amide bonds. The molecular weight excluding hydrogens is 218 g/mol. The molecule has 0 aliphatic carbocycles. The van der Waals surface area contributed by atoms with Crippen LogP contribution in [0.15, 0.2) is 6.08 Å². The van der Waals surface area contributed by atoms with Crippen LogP contribution in [0.25, 0.3) is 6.08 Å². The number of halogens is 2. The van der Waals surface area contributed by atoms with Gasteiger partial charge in [0, 0.05) is 17.3 Å². The molecule has 0 spiro atoms. The second-order valence-electron chi connectivity index (χ2n) is 3.33. The average Bonchev–Trinajstić information content (AvgIpc) is 2.39. The van der Waals surface area contributed by atoms with Crippen molar-refractivity contribution in [2.75, 3.05) is 0 Å². The molecule has 0 saturated carbocycles. The van der Waals surface area contributed by atoms with E-state index in [1.165, 1.54) is 10.8 Å². The van der Waals surface area contributed by atoms with Crippen LogP contribution in [0.1, 0.15) is 17.0 Å². The van der Waals surface area contributed by atoms with Crippen LogP contribution in [-0.2, 0) is 11.3 Å². The second kappa shape index (κ2) is 4.87. The van der Waals surface area contributed by atoms with Gasteiger partial charge in [0.15, 0.2) is 0 Å². The van der Waals surface area contributed by atoms with Gasteiger partial charge < -0.3 is 5.11 Å². The predicted octanol–water partition coefficient (Wildman–Crippen LogP) is 1.86. The van der Waals surface area contributed by atoms with Crippen molar-refractivity contribution in [1.29, 1.82) is 0 Å². The van der Waals surface area contributed by atoms with Crippen LogP contribution in [0.5, 0.6) is 0 Å². The van der Waals surface area contributed by atoms with Gasteiger partial charge in [0.2, 0.25) is 0 Å². The number of aromatic nitrogens is 2. The molecule has 0 bridgehead atoms. The highest BCUT2D eigenvalue weighted by Gasteiger charge is 2.12. The molecule has 0 aromatic carbocycles. The van der Waals surface area contributed by atoms with Crippen molar-refractivity contribution in [3.05, 3.63) is 23.0 Å². The largest absolute Gasteiger partial charge is 0.478 e. The zero-order chi connectivity index (χ0) is 12.3. The molecule has 88 valence electrons. The van der Waals surface area contributed by atoms with Gasteiger partial charge in [-0.15, -0.1) is 0 Å². The first kappa shape index (κ1) is 12.4. The molecule has 0 atom stereocenters. The summed E-state index contributed by atoms with van der Waals surface area (Å²) < 4.78 is 25.5. The number of rotatable bonds is 4. The van der Waals surface area contributed by atoms with Crippen LogP contribution < -0.4 is 0 Å². The molecule has 6 heteroatoms. The van der Waals surface area contributed by atoms with Crippen molar-refractivity contribution in [2.45, 2.75) is 26.8 Å². The first-order valence-corrected chi connectivity index (χ1v) is 4.65. The molecule has 16 heavy (non-hydrogen) atoms. The minimum atomic E-state index is -2.48. The molecule has 1 aromatic rings. The van der Waals surface area contributed by atoms with E-state index in [0.29, 0.717) is 17.0 Å². The molecule has 1 aromatic heterocycles. The third-order valence-electron chi connectivity index (χ3n) is 2.14. The fourth-order valence-corrected chi connectivity index (χ4v) is 1.42. The summed E-state index contributed by atoms with van der Waals surface area (Å²) in [5.74, 6) is -1.08. The first-order chi connectivity index (χ1) is 7.41. The molecule has 0 aliphatic heterocycles. The van der Waals surface area contributed by atoms with Crippen molar-refractivity contribution in [3.63, 3.8) is 0 Å². The molecule has 1 N–H and O–H groups in total. The minimum Gasteiger partial charge on any atom is -0.478 e. The lowest BCUT2D eigenvalue weighted by Gasteiger charge is -2.02. The lowest BCUT2D eigenvalue weighted by atomic mass is 10.2. The predicted molar refractivity (Wildman–Crippen MR) is 54.4 cm³/mol. The standard InChI is InChI=1S/C10H12F2N2O2/c1-6-8(3-4-10(15)16)7(2)14(13-6)5-9(11)12/h3-4,9H,5H2,1-2H3,(H,15,16). The lowest BCUT2D eigenvalue weighted by Crippen LogP contribution is -2.09. The number of aliphatic carboxylic acids is 1. The van der Waals surface area contributed by atoms with Gasteiger partial charge in [-0.3, -0.25) is 4.68 Å². The molecular formula is C10H12F2N2O2. The van der Waals surface area contributed by atoms with Gasteiger partial charge in [0.05, 0.1) is 5.69 Å². The van der Waals surface area contributed by atoms with Gasteiger partial charge in [-0.05, 0) is 19.9 Å². The number of aryl methyl sites for hydroxylation is 1. The molecule has 4 nitrogen and oxygen atoms in total. The van der Waals surface area contributed by atoms with E-state index in [-0.39, 0.29) is 0 Å². The number of nitrogens with zero attached hydrogens (tertiary/aromatic N) is 2. The van der Waals surface area contributed by atoms with Crippen LogP contribution >= 0.6 is 0 Å². The Kier molecular flexibility index (Phi) is 3.76. The van der Waals surface area contributed by atoms with Gasteiger partial charge >= 0.3 is 5.97 Å². The third-order valence-corrected chi connectivity index (χ3v) is 2.14. The summed E-state index contributed by atoms with van der Waals surface area (Å²) in [6.07, 6.45) is -0.152. The van der Waals surface area contributed by atoms with Crippen molar-refractivity contribution in [2.24, 2.45) is 0 Å². The number of carboxylic acid groups (broad SMARTS) is 1. The maximum Gasteiger partial charge on any atom is 0.328 e. The number of hydrogen-bond donors (Lipinski definition) is 1. The van der Waals surface area contributed by atoms with Crippen LogP contribution in [0, 0.1) is 13.8 Å². The molecule has 0 aliphatic rings. The van der Waals surface area contributed by atoms with Crippen LogP contribution in [-0.4, -0.2) is 27.3 Å². The molecule has 0 radical (unpaired) electrons. The van der Waals surface area contributed by atoms with E-state index < -0.39 is 18.9 Å².